The largest absolute Gasteiger partial charge is 0.323 e. The fourth-order valence-electron chi connectivity index (χ4n) is 4.22. The van der Waals surface area contributed by atoms with Crippen molar-refractivity contribution in [3.63, 3.8) is 0 Å². The van der Waals surface area contributed by atoms with Crippen molar-refractivity contribution in [1.29, 1.82) is 0 Å². The minimum Gasteiger partial charge on any atom is -0.323 e. The van der Waals surface area contributed by atoms with Crippen LogP contribution in [0.5, 0.6) is 0 Å². The number of hydrogen-bond donors (Lipinski definition) is 0. The molecule has 2 aromatic rings. The third-order valence-corrected chi connectivity index (χ3v) is 5.55. The molecule has 0 atom stereocenters. The Labute approximate surface area is 156 Å². The average Bonchev–Trinajstić information content (AvgIpc) is 3.44. The van der Waals surface area contributed by atoms with Crippen LogP contribution in [0.3, 0.4) is 0 Å². The van der Waals surface area contributed by atoms with Crippen LogP contribution in [0.4, 0.5) is 0 Å². The number of aromatic nitrogens is 2. The minimum absolute atomic E-state index is 0.767. The molecule has 0 N–H and O–H groups in total. The predicted molar refractivity (Wildman–Crippen MR) is 111 cm³/mol. The van der Waals surface area contributed by atoms with Crippen LogP contribution in [-0.4, -0.2) is 20.6 Å². The van der Waals surface area contributed by atoms with Crippen molar-refractivity contribution in [2.24, 2.45) is 9.98 Å². The molecule has 4 heteroatoms. The van der Waals surface area contributed by atoms with E-state index in [1.807, 2.05) is 0 Å². The molecule has 0 aliphatic carbocycles. The second-order valence-corrected chi connectivity index (χ2v) is 7.14. The van der Waals surface area contributed by atoms with E-state index in [2.05, 4.69) is 82.9 Å². The van der Waals surface area contributed by atoms with Crippen molar-refractivity contribution in [2.45, 2.75) is 20.0 Å². The number of fused-ring (bicyclic) bond motifs is 2. The Hall–Kier alpha value is -3.40. The first-order valence-corrected chi connectivity index (χ1v) is 9.36. The van der Waals surface area contributed by atoms with E-state index in [-0.39, 0.29) is 0 Å². The molecular weight excluding hydrogens is 332 g/mol. The van der Waals surface area contributed by atoms with Crippen LogP contribution in [0.15, 0.2) is 69.9 Å². The molecule has 0 saturated carbocycles. The second kappa shape index (κ2) is 5.30. The summed E-state index contributed by atoms with van der Waals surface area (Å²) in [6.45, 7) is 2.97. The van der Waals surface area contributed by atoms with E-state index in [0.717, 1.165) is 46.6 Å². The van der Waals surface area contributed by atoms with Gasteiger partial charge in [-0.1, -0.05) is 6.92 Å². The standard InChI is InChI=1S/C23H18N4/c1-2-21-22-9-5-17(25-22)13-19-7-6-18-11-15-3-4-16(24-15)12-20-8-10-23(21)27(20)14-26(18)19/h3-13H,2,14H2,1H3. The molecule has 130 valence electrons. The molecule has 0 spiro atoms. The van der Waals surface area contributed by atoms with E-state index in [0.29, 0.717) is 0 Å². The van der Waals surface area contributed by atoms with Gasteiger partial charge in [0.2, 0.25) is 0 Å². The van der Waals surface area contributed by atoms with Gasteiger partial charge in [0.05, 0.1) is 29.5 Å². The van der Waals surface area contributed by atoms with Crippen LogP contribution in [0.25, 0.3) is 23.8 Å². The zero-order valence-corrected chi connectivity index (χ0v) is 15.1. The third-order valence-electron chi connectivity index (χ3n) is 5.55. The molecule has 4 aliphatic rings. The third kappa shape index (κ3) is 2.16. The summed E-state index contributed by atoms with van der Waals surface area (Å²) < 4.78 is 4.72. The van der Waals surface area contributed by atoms with E-state index in [1.54, 1.807) is 0 Å². The highest BCUT2D eigenvalue weighted by atomic mass is 15.2. The van der Waals surface area contributed by atoms with Gasteiger partial charge < -0.3 is 9.13 Å². The molecular formula is C23H18N4. The lowest BCUT2D eigenvalue weighted by Crippen LogP contribution is -2.32. The Morgan fingerprint density at radius 3 is 2.41 bits per heavy atom. The van der Waals surface area contributed by atoms with Crippen LogP contribution >= 0.6 is 0 Å². The SMILES string of the molecule is CCC1=C2C=CC(=N2)C=c2ccc3n2Cn2c(ccc21)C=C1C=CC(=N1)C=3. The van der Waals surface area contributed by atoms with Crippen molar-refractivity contribution >= 4 is 35.2 Å². The van der Waals surface area contributed by atoms with E-state index in [9.17, 15) is 0 Å². The molecule has 4 aliphatic heterocycles. The van der Waals surface area contributed by atoms with Crippen molar-refractivity contribution in [1.82, 2.24) is 9.13 Å². The van der Waals surface area contributed by atoms with Gasteiger partial charge in [0.1, 0.15) is 0 Å². The number of rotatable bonds is 1. The van der Waals surface area contributed by atoms with Crippen molar-refractivity contribution in [3.8, 4) is 0 Å². The fraction of sp³-hybridized carbons (Fsp3) is 0.130. The maximum absolute atomic E-state index is 4.89. The number of aliphatic imine (C=N–C) groups is 2. The van der Waals surface area contributed by atoms with Gasteiger partial charge in [-0.3, -0.25) is 0 Å². The van der Waals surface area contributed by atoms with Gasteiger partial charge in [-0.25, -0.2) is 9.98 Å². The number of allylic oxidation sites excluding steroid dienone is 5. The summed E-state index contributed by atoms with van der Waals surface area (Å²) in [5.74, 6) is 0. The maximum Gasteiger partial charge on any atom is 0.1000 e. The molecule has 0 unspecified atom stereocenters. The summed E-state index contributed by atoms with van der Waals surface area (Å²) >= 11 is 0. The van der Waals surface area contributed by atoms with E-state index < -0.39 is 0 Å². The molecule has 6 rings (SSSR count). The highest BCUT2D eigenvalue weighted by molar-refractivity contribution is 6.20. The van der Waals surface area contributed by atoms with E-state index in [1.165, 1.54) is 17.0 Å². The molecule has 2 aromatic heterocycles. The molecule has 0 aromatic carbocycles. The predicted octanol–water partition coefficient (Wildman–Crippen LogP) is 2.87. The van der Waals surface area contributed by atoms with Crippen LogP contribution in [0.2, 0.25) is 0 Å². The summed E-state index contributed by atoms with van der Waals surface area (Å²) in [7, 11) is 0. The molecule has 4 nitrogen and oxygen atoms in total. The topological polar surface area (TPSA) is 34.6 Å². The first kappa shape index (κ1) is 14.7. The Morgan fingerprint density at radius 2 is 1.59 bits per heavy atom. The van der Waals surface area contributed by atoms with Gasteiger partial charge in [0, 0.05) is 27.7 Å². The van der Waals surface area contributed by atoms with Crippen LogP contribution in [0, 0.1) is 0 Å². The molecule has 6 heterocycles. The highest BCUT2D eigenvalue weighted by Crippen LogP contribution is 2.30. The Morgan fingerprint density at radius 1 is 0.815 bits per heavy atom. The van der Waals surface area contributed by atoms with Gasteiger partial charge in [0.15, 0.2) is 0 Å². The van der Waals surface area contributed by atoms with Crippen molar-refractivity contribution in [2.75, 3.05) is 0 Å². The van der Waals surface area contributed by atoms with Gasteiger partial charge in [-0.2, -0.15) is 0 Å². The lowest BCUT2D eigenvalue weighted by Gasteiger charge is -2.17. The van der Waals surface area contributed by atoms with E-state index in [4.69, 9.17) is 9.98 Å². The van der Waals surface area contributed by atoms with Crippen LogP contribution < -0.4 is 10.7 Å². The normalized spacial score (nSPS) is 18.6. The quantitative estimate of drug-likeness (QED) is 0.758. The molecule has 27 heavy (non-hydrogen) atoms. The molecule has 0 amide bonds. The Kier molecular flexibility index (Phi) is 2.89. The highest BCUT2D eigenvalue weighted by Gasteiger charge is 2.18. The molecule has 0 saturated heterocycles. The first-order valence-electron chi connectivity index (χ1n) is 9.36. The Balaban J connectivity index is 1.79. The van der Waals surface area contributed by atoms with Gasteiger partial charge in [0.25, 0.3) is 0 Å². The van der Waals surface area contributed by atoms with Crippen LogP contribution in [0.1, 0.15) is 24.7 Å². The fourth-order valence-corrected chi connectivity index (χ4v) is 4.22. The first-order chi connectivity index (χ1) is 13.3. The summed E-state index contributed by atoms with van der Waals surface area (Å²) in [5, 5.41) is 2.31. The lowest BCUT2D eigenvalue weighted by atomic mass is 10.1. The molecule has 6 bridgehead atoms. The minimum atomic E-state index is 0.767. The Bertz CT molecular complexity index is 1310. The van der Waals surface area contributed by atoms with Crippen molar-refractivity contribution < 1.29 is 0 Å². The average molecular weight is 350 g/mol. The zero-order valence-electron chi connectivity index (χ0n) is 15.1. The van der Waals surface area contributed by atoms with Crippen molar-refractivity contribution in [3.05, 3.63) is 82.0 Å². The van der Waals surface area contributed by atoms with Gasteiger partial charge in [-0.05, 0) is 73.2 Å². The smallest absolute Gasteiger partial charge is 0.1000 e. The number of hydrogen-bond acceptors (Lipinski definition) is 2. The van der Waals surface area contributed by atoms with Gasteiger partial charge in [-0.15, -0.1) is 0 Å². The summed E-state index contributed by atoms with van der Waals surface area (Å²) in [5.41, 5.74) is 7.75. The zero-order chi connectivity index (χ0) is 18.0. The molecule has 0 fully saturated rings. The monoisotopic (exact) mass is 350 g/mol. The van der Waals surface area contributed by atoms with Gasteiger partial charge >= 0.3 is 0 Å². The molecule has 0 radical (unpaired) electrons. The summed E-state index contributed by atoms with van der Waals surface area (Å²) in [6.07, 6.45) is 15.8. The second-order valence-electron chi connectivity index (χ2n) is 7.14. The number of nitrogens with zero attached hydrogens (tertiary/aromatic N) is 4. The van der Waals surface area contributed by atoms with Crippen LogP contribution in [-0.2, 0) is 6.67 Å². The maximum atomic E-state index is 4.89. The summed E-state index contributed by atoms with van der Waals surface area (Å²) in [4.78, 5) is 9.65. The van der Waals surface area contributed by atoms with E-state index >= 15 is 0 Å². The lowest BCUT2D eigenvalue weighted by molar-refractivity contribution is 0.580. The summed E-state index contributed by atoms with van der Waals surface area (Å²) in [6, 6.07) is 8.75.